The zero-order chi connectivity index (χ0) is 73.3. The summed E-state index contributed by atoms with van der Waals surface area (Å²) in [6.45, 7) is 4.33. The van der Waals surface area contributed by atoms with E-state index in [1.54, 1.807) is 0 Å². The largest absolute Gasteiger partial charge is 0.756 e. The summed E-state index contributed by atoms with van der Waals surface area (Å²) in [5, 5.41) is 0. The van der Waals surface area contributed by atoms with Crippen LogP contribution in [0, 0.1) is 0 Å². The fourth-order valence-corrected chi connectivity index (χ4v) is 14.8. The molecule has 0 aliphatic carbocycles. The van der Waals surface area contributed by atoms with Gasteiger partial charge < -0.3 is 27.9 Å². The number of rotatable bonds is 86. The molecule has 598 valence electrons. The second-order valence-electron chi connectivity index (χ2n) is 32.3. The molecule has 0 saturated carbocycles. The van der Waals surface area contributed by atoms with E-state index in [0.717, 1.165) is 44.9 Å². The van der Waals surface area contributed by atoms with E-state index in [9.17, 15) is 19.0 Å². The smallest absolute Gasteiger partial charge is 0.306 e. The highest BCUT2D eigenvalue weighted by molar-refractivity contribution is 7.45. The molecule has 0 aliphatic heterocycles. The lowest BCUT2D eigenvalue weighted by Crippen LogP contribution is -2.37. The second kappa shape index (κ2) is 82.3. The molecule has 9 nitrogen and oxygen atoms in total. The Balaban J connectivity index is 3.83. The molecule has 0 amide bonds. The van der Waals surface area contributed by atoms with Gasteiger partial charge in [0.15, 0.2) is 6.10 Å². The van der Waals surface area contributed by atoms with Crippen molar-refractivity contribution in [3.63, 3.8) is 0 Å². The zero-order valence-electron chi connectivity index (χ0n) is 68.6. The van der Waals surface area contributed by atoms with E-state index in [1.165, 1.54) is 405 Å². The number of esters is 2. The van der Waals surface area contributed by atoms with Crippen LogP contribution in [0.4, 0.5) is 0 Å². The second-order valence-corrected chi connectivity index (χ2v) is 33.7. The van der Waals surface area contributed by atoms with Gasteiger partial charge in [0.1, 0.15) is 19.8 Å². The topological polar surface area (TPSA) is 111 Å². The Bertz CT molecular complexity index is 1800. The Morgan fingerprint density at radius 3 is 0.792 bits per heavy atom. The van der Waals surface area contributed by atoms with Crippen molar-refractivity contribution in [1.29, 1.82) is 0 Å². The average Bonchev–Trinajstić information content (AvgIpc) is 0.973. The number of likely N-dealkylation sites (N-methyl/N-ethyl adjacent to an activating group) is 1. The van der Waals surface area contributed by atoms with E-state index in [-0.39, 0.29) is 32.0 Å². The number of hydrogen-bond acceptors (Lipinski definition) is 8. The van der Waals surface area contributed by atoms with Gasteiger partial charge in [-0.25, -0.2) is 0 Å². The molecule has 0 aliphatic rings. The van der Waals surface area contributed by atoms with Crippen molar-refractivity contribution >= 4 is 19.8 Å². The number of carbonyl (C=O) groups excluding carboxylic acids is 2. The van der Waals surface area contributed by atoms with Gasteiger partial charge in [0.25, 0.3) is 7.82 Å². The van der Waals surface area contributed by atoms with Crippen LogP contribution in [0.1, 0.15) is 483 Å². The zero-order valence-corrected chi connectivity index (χ0v) is 69.5. The molecular formula is C91H176NO8P. The predicted molar refractivity (Wildman–Crippen MR) is 439 cm³/mol. The summed E-state index contributed by atoms with van der Waals surface area (Å²) in [5.74, 6) is -0.803. The number of phosphoric acid groups is 1. The molecule has 0 rings (SSSR count). The summed E-state index contributed by atoms with van der Waals surface area (Å²) in [6.07, 6.45) is 109. The molecular weight excluding hydrogens is 1270 g/mol. The van der Waals surface area contributed by atoms with Crippen LogP contribution in [0.5, 0.6) is 0 Å². The van der Waals surface area contributed by atoms with Crippen molar-refractivity contribution in [3.05, 3.63) is 36.5 Å². The summed E-state index contributed by atoms with van der Waals surface area (Å²) < 4.78 is 34.5. The van der Waals surface area contributed by atoms with Crippen molar-refractivity contribution in [2.75, 3.05) is 47.5 Å². The third kappa shape index (κ3) is 87.0. The van der Waals surface area contributed by atoms with Crippen molar-refractivity contribution in [3.8, 4) is 0 Å². The monoisotopic (exact) mass is 1440 g/mol. The van der Waals surface area contributed by atoms with Gasteiger partial charge in [0.05, 0.1) is 27.7 Å². The number of carbonyl (C=O) groups is 2. The Hall–Kier alpha value is -1.77. The number of nitrogens with zero attached hydrogens (tertiary/aromatic N) is 1. The van der Waals surface area contributed by atoms with E-state index in [0.29, 0.717) is 17.4 Å². The summed E-state index contributed by atoms with van der Waals surface area (Å²) in [5.41, 5.74) is 0. The molecule has 0 aromatic rings. The number of allylic oxidation sites excluding steroid dienone is 6. The van der Waals surface area contributed by atoms with Gasteiger partial charge >= 0.3 is 11.9 Å². The molecule has 0 bridgehead atoms. The lowest BCUT2D eigenvalue weighted by atomic mass is 10.0. The van der Waals surface area contributed by atoms with E-state index >= 15 is 0 Å². The molecule has 0 fully saturated rings. The Morgan fingerprint density at radius 2 is 0.535 bits per heavy atom. The van der Waals surface area contributed by atoms with Gasteiger partial charge in [-0.3, -0.25) is 14.2 Å². The van der Waals surface area contributed by atoms with Crippen LogP contribution in [0.2, 0.25) is 0 Å². The normalized spacial score (nSPS) is 13.0. The third-order valence-corrected chi connectivity index (χ3v) is 21.9. The standard InChI is InChI=1S/C91H176NO8P/c1-6-8-10-12-14-16-18-20-22-24-26-28-30-32-34-36-38-40-42-44-46-48-50-52-54-56-58-60-62-64-66-68-70-72-74-76-78-80-82-84-91(94)100-89(88-99-101(95,96)98-86-85-92(3,4)5)87-97-90(93)83-81-79-77-75-73-71-69-67-65-63-61-59-57-55-53-51-49-47-45-43-41-39-37-35-33-31-29-27-25-23-21-19-17-15-13-11-9-7-2/h18,20,24,26,30,32,89H,6-17,19,21-23,25,27-29,31,33-88H2,1-5H3/b20-18-,26-24-,32-30-. The minimum atomic E-state index is -4.64. The highest BCUT2D eigenvalue weighted by atomic mass is 31.2. The molecule has 2 atom stereocenters. The Morgan fingerprint density at radius 1 is 0.307 bits per heavy atom. The maximum atomic E-state index is 12.9. The van der Waals surface area contributed by atoms with Gasteiger partial charge in [-0.1, -0.05) is 455 Å². The van der Waals surface area contributed by atoms with Crippen molar-refractivity contribution in [1.82, 2.24) is 0 Å². The van der Waals surface area contributed by atoms with Crippen LogP contribution in [0.3, 0.4) is 0 Å². The highest BCUT2D eigenvalue weighted by Crippen LogP contribution is 2.38. The average molecular weight is 1440 g/mol. The lowest BCUT2D eigenvalue weighted by Gasteiger charge is -2.28. The highest BCUT2D eigenvalue weighted by Gasteiger charge is 2.22. The van der Waals surface area contributed by atoms with Crippen LogP contribution in [-0.2, 0) is 32.7 Å². The molecule has 0 aromatic carbocycles. The first-order chi connectivity index (χ1) is 49.5. The Kier molecular flexibility index (Phi) is 80.8. The third-order valence-electron chi connectivity index (χ3n) is 20.9. The van der Waals surface area contributed by atoms with Crippen LogP contribution in [0.25, 0.3) is 0 Å². The fourth-order valence-electron chi connectivity index (χ4n) is 14.0. The first kappa shape index (κ1) is 99.2. The van der Waals surface area contributed by atoms with E-state index in [4.69, 9.17) is 18.5 Å². The molecule has 0 radical (unpaired) electrons. The number of quaternary nitrogens is 1. The minimum absolute atomic E-state index is 0.0266. The number of hydrogen-bond donors (Lipinski definition) is 0. The Labute approximate surface area is 631 Å². The first-order valence-electron chi connectivity index (χ1n) is 45.2. The minimum Gasteiger partial charge on any atom is -0.756 e. The van der Waals surface area contributed by atoms with Crippen LogP contribution in [0.15, 0.2) is 36.5 Å². The maximum Gasteiger partial charge on any atom is 0.306 e. The maximum absolute atomic E-state index is 12.9. The summed E-state index contributed by atoms with van der Waals surface area (Å²) in [6, 6.07) is 0. The van der Waals surface area contributed by atoms with Gasteiger partial charge in [0, 0.05) is 12.8 Å². The first-order valence-corrected chi connectivity index (χ1v) is 46.7. The predicted octanol–water partition coefficient (Wildman–Crippen LogP) is 29.8. The van der Waals surface area contributed by atoms with Gasteiger partial charge in [0.2, 0.25) is 0 Å². The van der Waals surface area contributed by atoms with Crippen LogP contribution in [-0.4, -0.2) is 70.0 Å². The quantitative estimate of drug-likeness (QED) is 0.0195. The van der Waals surface area contributed by atoms with Gasteiger partial charge in [-0.2, -0.15) is 0 Å². The van der Waals surface area contributed by atoms with Gasteiger partial charge in [-0.05, 0) is 51.4 Å². The molecule has 0 saturated heterocycles. The van der Waals surface area contributed by atoms with Crippen molar-refractivity contribution in [2.45, 2.75) is 489 Å². The van der Waals surface area contributed by atoms with E-state index in [1.807, 2.05) is 21.1 Å². The molecule has 0 spiro atoms. The molecule has 10 heteroatoms. The lowest BCUT2D eigenvalue weighted by molar-refractivity contribution is -0.870. The van der Waals surface area contributed by atoms with Gasteiger partial charge in [-0.15, -0.1) is 0 Å². The molecule has 0 aromatic heterocycles. The van der Waals surface area contributed by atoms with E-state index < -0.39 is 26.5 Å². The number of ether oxygens (including phenoxy) is 2. The number of phosphoric ester groups is 1. The fraction of sp³-hybridized carbons (Fsp3) is 0.912. The molecule has 0 heterocycles. The summed E-state index contributed by atoms with van der Waals surface area (Å²) in [7, 11) is 1.20. The summed E-state index contributed by atoms with van der Waals surface area (Å²) >= 11 is 0. The number of unbranched alkanes of at least 4 members (excludes halogenated alkanes) is 66. The molecule has 101 heavy (non-hydrogen) atoms. The van der Waals surface area contributed by atoms with E-state index in [2.05, 4.69) is 50.3 Å². The van der Waals surface area contributed by atoms with Crippen LogP contribution >= 0.6 is 7.82 Å². The van der Waals surface area contributed by atoms with Crippen molar-refractivity contribution < 1.29 is 42.1 Å². The molecule has 2 unspecified atom stereocenters. The van der Waals surface area contributed by atoms with Crippen LogP contribution < -0.4 is 4.89 Å². The summed E-state index contributed by atoms with van der Waals surface area (Å²) in [4.78, 5) is 38.3. The SMILES string of the molecule is CCCCCCC/C=C\C/C=C\C/C=C\CCCCCCCCCCCCCCCCCCCCCCCCCCC(=O)OC(COC(=O)CCCCCCCCCCCCCCCCCCCCCCCCCCCCCCCCCCCCCCCC)COP(=O)([O-])OCC[N+](C)(C)C. The van der Waals surface area contributed by atoms with Crippen molar-refractivity contribution in [2.24, 2.45) is 0 Å². The molecule has 0 N–H and O–H groups in total.